The molecule has 0 aliphatic carbocycles. The van der Waals surface area contributed by atoms with E-state index in [1.54, 1.807) is 6.07 Å². The van der Waals surface area contributed by atoms with Crippen molar-refractivity contribution in [2.75, 3.05) is 20.2 Å². The van der Waals surface area contributed by atoms with Crippen LogP contribution in [0.25, 0.3) is 11.3 Å². The smallest absolute Gasteiger partial charge is 0.319 e. The number of carbonyl (C=O) groups is 1. The number of rotatable bonds is 3. The number of aryl methyl sites for hydroxylation is 1. The molecule has 0 fully saturated rings. The van der Waals surface area contributed by atoms with Gasteiger partial charge in [-0.05, 0) is 42.3 Å². The van der Waals surface area contributed by atoms with Crippen molar-refractivity contribution in [3.63, 3.8) is 0 Å². The fourth-order valence-electron chi connectivity index (χ4n) is 2.83. The summed E-state index contributed by atoms with van der Waals surface area (Å²) in [5.74, 6) is 0.0859. The second-order valence-electron chi connectivity index (χ2n) is 5.84. The van der Waals surface area contributed by atoms with Crippen LogP contribution in [-0.4, -0.2) is 41.2 Å². The highest BCUT2D eigenvalue weighted by atomic mass is 16.5. The molecule has 1 aliphatic rings. The predicted molar refractivity (Wildman–Crippen MR) is 87.1 cm³/mol. The number of methoxy groups -OCH3 is 1. The minimum absolute atomic E-state index is 0.211. The van der Waals surface area contributed by atoms with E-state index in [4.69, 9.17) is 9.72 Å². The normalized spacial score (nSPS) is 14.3. The number of pyridine rings is 1. The van der Waals surface area contributed by atoms with E-state index in [-0.39, 0.29) is 5.97 Å². The van der Waals surface area contributed by atoms with Crippen LogP contribution >= 0.6 is 0 Å². The monoisotopic (exact) mass is 312 g/mol. The van der Waals surface area contributed by atoms with Crippen molar-refractivity contribution in [1.82, 2.24) is 9.88 Å². The quantitative estimate of drug-likeness (QED) is 0.881. The van der Waals surface area contributed by atoms with E-state index in [0.717, 1.165) is 41.0 Å². The Kier molecular flexibility index (Phi) is 4.30. The van der Waals surface area contributed by atoms with Gasteiger partial charge >= 0.3 is 5.97 Å². The summed E-state index contributed by atoms with van der Waals surface area (Å²) in [6.07, 6.45) is 0.817. The summed E-state index contributed by atoms with van der Waals surface area (Å²) >= 11 is 0. The number of nitrogens with zero attached hydrogens (tertiary/aromatic N) is 2. The van der Waals surface area contributed by atoms with E-state index < -0.39 is 0 Å². The molecule has 23 heavy (non-hydrogen) atoms. The third kappa shape index (κ3) is 3.35. The van der Waals surface area contributed by atoms with Gasteiger partial charge in [0.05, 0.1) is 19.3 Å². The Morgan fingerprint density at radius 2 is 2.17 bits per heavy atom. The number of fused-ring (bicyclic) bond motifs is 1. The second kappa shape index (κ2) is 6.38. The van der Waals surface area contributed by atoms with Crippen LogP contribution in [0, 0.1) is 6.92 Å². The molecular weight excluding hydrogens is 292 g/mol. The fourth-order valence-corrected chi connectivity index (χ4v) is 2.83. The van der Waals surface area contributed by atoms with Crippen LogP contribution in [0.4, 0.5) is 0 Å². The lowest BCUT2D eigenvalue weighted by Gasteiger charge is -2.27. The highest BCUT2D eigenvalue weighted by Crippen LogP contribution is 2.26. The van der Waals surface area contributed by atoms with Crippen LogP contribution in [0.3, 0.4) is 0 Å². The molecule has 1 N–H and O–H groups in total. The summed E-state index contributed by atoms with van der Waals surface area (Å²) in [5.41, 5.74) is 4.98. The number of carbonyl (C=O) groups excluding carboxylic acids is 1. The Labute approximate surface area is 135 Å². The summed E-state index contributed by atoms with van der Waals surface area (Å²) < 4.78 is 4.72. The average Bonchev–Trinajstić information content (AvgIpc) is 2.56. The molecule has 1 aromatic carbocycles. The molecule has 120 valence electrons. The van der Waals surface area contributed by atoms with E-state index in [9.17, 15) is 9.90 Å². The zero-order valence-electron chi connectivity index (χ0n) is 13.4. The van der Waals surface area contributed by atoms with Gasteiger partial charge in [0.15, 0.2) is 0 Å². The first-order valence-electron chi connectivity index (χ1n) is 7.65. The van der Waals surface area contributed by atoms with Crippen LogP contribution in [0.1, 0.15) is 16.8 Å². The molecule has 3 rings (SSSR count). The zero-order chi connectivity index (χ0) is 16.4. The van der Waals surface area contributed by atoms with Crippen molar-refractivity contribution in [1.29, 1.82) is 0 Å². The van der Waals surface area contributed by atoms with E-state index in [1.165, 1.54) is 7.11 Å². The molecule has 5 nitrogen and oxygen atoms in total. The molecule has 2 aromatic rings. The van der Waals surface area contributed by atoms with Gasteiger partial charge in [0.1, 0.15) is 5.75 Å². The number of ether oxygens (including phenoxy) is 1. The molecule has 0 radical (unpaired) electrons. The lowest BCUT2D eigenvalue weighted by molar-refractivity contribution is -0.142. The number of hydrogen-bond donors (Lipinski definition) is 1. The third-order valence-corrected chi connectivity index (χ3v) is 4.20. The third-order valence-electron chi connectivity index (χ3n) is 4.20. The van der Waals surface area contributed by atoms with Crippen molar-refractivity contribution in [3.8, 4) is 17.0 Å². The van der Waals surface area contributed by atoms with Gasteiger partial charge in [-0.3, -0.25) is 14.7 Å². The maximum atomic E-state index is 11.4. The largest absolute Gasteiger partial charge is 0.508 e. The Hall–Kier alpha value is -2.40. The number of benzene rings is 1. The fraction of sp³-hybridized carbons (Fsp3) is 0.333. The molecule has 0 bridgehead atoms. The van der Waals surface area contributed by atoms with Crippen LogP contribution in [-0.2, 0) is 22.5 Å². The molecule has 1 aromatic heterocycles. The Balaban J connectivity index is 1.81. The molecule has 0 saturated carbocycles. The predicted octanol–water partition coefficient (Wildman–Crippen LogP) is 2.29. The molecule has 0 atom stereocenters. The van der Waals surface area contributed by atoms with E-state index in [2.05, 4.69) is 11.0 Å². The minimum atomic E-state index is -0.211. The summed E-state index contributed by atoms with van der Waals surface area (Å²) in [4.78, 5) is 18.2. The van der Waals surface area contributed by atoms with Crippen LogP contribution in [0.5, 0.6) is 5.75 Å². The number of aromatic hydroxyl groups is 1. The first kappa shape index (κ1) is 15.5. The highest BCUT2D eigenvalue weighted by Gasteiger charge is 2.20. The minimum Gasteiger partial charge on any atom is -0.508 e. The number of esters is 1. The first-order valence-corrected chi connectivity index (χ1v) is 7.65. The summed E-state index contributed by atoms with van der Waals surface area (Å²) in [5, 5.41) is 9.64. The molecule has 1 aliphatic heterocycles. The molecule has 0 unspecified atom stereocenters. The SMILES string of the molecule is COC(=O)CN1CCc2nc(-c3ccc(O)c(C)c3)ccc2C1. The highest BCUT2D eigenvalue weighted by molar-refractivity contribution is 5.71. The van der Waals surface area contributed by atoms with Gasteiger partial charge < -0.3 is 9.84 Å². The van der Waals surface area contributed by atoms with Crippen molar-refractivity contribution in [3.05, 3.63) is 47.2 Å². The topological polar surface area (TPSA) is 62.7 Å². The van der Waals surface area contributed by atoms with Crippen LogP contribution in [0.2, 0.25) is 0 Å². The number of hydrogen-bond acceptors (Lipinski definition) is 5. The Morgan fingerprint density at radius 1 is 1.35 bits per heavy atom. The van der Waals surface area contributed by atoms with Gasteiger partial charge in [-0.25, -0.2) is 0 Å². The molecule has 0 amide bonds. The van der Waals surface area contributed by atoms with Gasteiger partial charge in [0.2, 0.25) is 0 Å². The summed E-state index contributed by atoms with van der Waals surface area (Å²) in [6, 6.07) is 9.58. The van der Waals surface area contributed by atoms with Crippen LogP contribution in [0.15, 0.2) is 30.3 Å². The maximum absolute atomic E-state index is 11.4. The van der Waals surface area contributed by atoms with Gasteiger partial charge in [0.25, 0.3) is 0 Å². The van der Waals surface area contributed by atoms with Gasteiger partial charge in [-0.15, -0.1) is 0 Å². The zero-order valence-corrected chi connectivity index (χ0v) is 13.4. The van der Waals surface area contributed by atoms with Crippen molar-refractivity contribution >= 4 is 5.97 Å². The molecule has 0 spiro atoms. The number of aromatic nitrogens is 1. The van der Waals surface area contributed by atoms with Crippen LogP contribution < -0.4 is 0 Å². The Morgan fingerprint density at radius 3 is 2.91 bits per heavy atom. The lowest BCUT2D eigenvalue weighted by atomic mass is 10.0. The second-order valence-corrected chi connectivity index (χ2v) is 5.84. The van der Waals surface area contributed by atoms with E-state index >= 15 is 0 Å². The summed E-state index contributed by atoms with van der Waals surface area (Å²) in [6.45, 7) is 3.70. The van der Waals surface area contributed by atoms with Crippen molar-refractivity contribution in [2.45, 2.75) is 19.9 Å². The summed E-state index contributed by atoms with van der Waals surface area (Å²) in [7, 11) is 1.41. The van der Waals surface area contributed by atoms with Crippen molar-refractivity contribution in [2.24, 2.45) is 0 Å². The maximum Gasteiger partial charge on any atom is 0.319 e. The number of phenols is 1. The molecule has 0 saturated heterocycles. The Bertz CT molecular complexity index is 743. The molecule has 2 heterocycles. The molecule has 5 heteroatoms. The van der Waals surface area contributed by atoms with E-state index in [1.807, 2.05) is 25.1 Å². The van der Waals surface area contributed by atoms with Gasteiger partial charge in [-0.1, -0.05) is 6.07 Å². The van der Waals surface area contributed by atoms with Gasteiger partial charge in [0, 0.05) is 30.8 Å². The standard InChI is InChI=1S/C18H20N2O3/c1-12-9-13(4-6-17(12)21)15-5-3-14-10-20(11-18(22)23-2)8-7-16(14)19-15/h3-6,9,21H,7-8,10-11H2,1-2H3. The average molecular weight is 312 g/mol. The van der Waals surface area contributed by atoms with E-state index in [0.29, 0.717) is 18.8 Å². The first-order chi connectivity index (χ1) is 11.1. The number of phenolic OH excluding ortho intramolecular Hbond substituents is 1. The lowest BCUT2D eigenvalue weighted by Crippen LogP contribution is -2.35. The van der Waals surface area contributed by atoms with Gasteiger partial charge in [-0.2, -0.15) is 0 Å². The van der Waals surface area contributed by atoms with Crippen molar-refractivity contribution < 1.29 is 14.6 Å². The molecular formula is C18H20N2O3.